The Morgan fingerprint density at radius 2 is 0.700 bits per heavy atom. The molecule has 8 heteroatoms. The van der Waals surface area contributed by atoms with Crippen LogP contribution in [0, 0.1) is 0 Å². The third-order valence-corrected chi connectivity index (χ3v) is 0.422. The molecule has 0 aromatic carbocycles. The van der Waals surface area contributed by atoms with Gasteiger partial charge in [0.1, 0.15) is 0 Å². The predicted molar refractivity (Wildman–Crippen MR) is 73.1 cm³/mol. The van der Waals surface area contributed by atoms with E-state index in [9.17, 15) is 0 Å². The summed E-state index contributed by atoms with van der Waals surface area (Å²) in [6.07, 6.45) is -0.454. The molecule has 0 aliphatic rings. The normalized spacial score (nSPS) is 8.55. The van der Waals surface area contributed by atoms with Crippen LogP contribution in [0.4, 0.5) is 0 Å². The summed E-state index contributed by atoms with van der Waals surface area (Å²) in [6, 6.07) is 0. The first kappa shape index (κ1) is 32.3. The maximum atomic E-state index is 8.25. The first-order valence-corrected chi connectivity index (χ1v) is 6.81. The van der Waals surface area contributed by atoms with E-state index in [0.29, 0.717) is 0 Å². The summed E-state index contributed by atoms with van der Waals surface area (Å²) in [4.78, 5) is 7.50. The molecule has 0 spiro atoms. The van der Waals surface area contributed by atoms with Crippen LogP contribution in [0.2, 0.25) is 0 Å². The first-order valence-electron chi connectivity index (χ1n) is 6.18. The van der Waals surface area contributed by atoms with Crippen molar-refractivity contribution in [1.29, 1.82) is 0 Å². The molecular formula is C12H32O7Ti. The van der Waals surface area contributed by atoms with E-state index in [4.69, 9.17) is 24.1 Å². The molecule has 0 aliphatic carbocycles. The van der Waals surface area contributed by atoms with Crippen LogP contribution < -0.4 is 0 Å². The van der Waals surface area contributed by atoms with Crippen molar-refractivity contribution in [3.8, 4) is 0 Å². The third kappa shape index (κ3) is 298. The van der Waals surface area contributed by atoms with E-state index < -0.39 is 0 Å². The molecule has 0 rings (SSSR count). The average molecular weight is 336 g/mol. The van der Waals surface area contributed by atoms with Crippen molar-refractivity contribution in [2.45, 2.75) is 79.8 Å². The van der Waals surface area contributed by atoms with Gasteiger partial charge in [0, 0.05) is 12.2 Å². The number of aliphatic hydroxyl groups excluding tert-OH is 2. The van der Waals surface area contributed by atoms with E-state index >= 15 is 0 Å². The Hall–Kier alpha value is 0.274. The van der Waals surface area contributed by atoms with Crippen LogP contribution in [0.5, 0.6) is 0 Å². The van der Waals surface area contributed by atoms with Gasteiger partial charge in [-0.1, -0.05) is 0 Å². The topological polar surface area (TPSA) is 116 Å². The fourth-order valence-corrected chi connectivity index (χ4v) is 0. The quantitative estimate of drug-likeness (QED) is 0.347. The molecule has 0 aromatic rings. The van der Waals surface area contributed by atoms with Gasteiger partial charge in [-0.05, 0) is 55.4 Å². The van der Waals surface area contributed by atoms with E-state index in [2.05, 4.69) is 9.78 Å². The van der Waals surface area contributed by atoms with Gasteiger partial charge >= 0.3 is 23.7 Å². The van der Waals surface area contributed by atoms with Crippen LogP contribution in [0.25, 0.3) is 0 Å². The Labute approximate surface area is 134 Å². The summed E-state index contributed by atoms with van der Waals surface area (Å²) >= 11 is 0.750. The van der Waals surface area contributed by atoms with Gasteiger partial charge in [0.2, 0.25) is 0 Å². The molecule has 4 N–H and O–H groups in total. The predicted octanol–water partition coefficient (Wildman–Crippen LogP) is 2.42. The molecule has 0 saturated heterocycles. The summed E-state index contributed by atoms with van der Waals surface area (Å²) in [7, 11) is 0. The van der Waals surface area contributed by atoms with Crippen molar-refractivity contribution in [2.24, 2.45) is 0 Å². The molecule has 0 radical (unpaired) electrons. The summed E-state index contributed by atoms with van der Waals surface area (Å²) in [5, 5.41) is 31.4. The summed E-state index contributed by atoms with van der Waals surface area (Å²) < 4.78 is 8.25. The third-order valence-electron chi connectivity index (χ3n) is 0.422. The van der Waals surface area contributed by atoms with Gasteiger partial charge in [0.25, 0.3) is 0 Å². The molecule has 0 saturated carbocycles. The molecule has 0 amide bonds. The van der Waals surface area contributed by atoms with Gasteiger partial charge in [-0.2, -0.15) is 0 Å². The zero-order valence-corrected chi connectivity index (χ0v) is 15.4. The van der Waals surface area contributed by atoms with Crippen LogP contribution in [0.3, 0.4) is 0 Å². The second-order valence-corrected chi connectivity index (χ2v) is 4.50. The summed E-state index contributed by atoms with van der Waals surface area (Å²) in [6.45, 7) is 13.9. The van der Waals surface area contributed by atoms with Crippen LogP contribution in [-0.4, -0.2) is 45.1 Å². The fraction of sp³-hybridized carbons (Fsp3) is 1.00. The van der Waals surface area contributed by atoms with Crippen molar-refractivity contribution < 1.29 is 54.2 Å². The van der Waals surface area contributed by atoms with Crippen molar-refractivity contribution in [1.82, 2.24) is 0 Å². The van der Waals surface area contributed by atoms with Gasteiger partial charge in [-0.15, -0.1) is 0 Å². The van der Waals surface area contributed by atoms with Gasteiger partial charge in [0.05, 0.1) is 12.2 Å². The van der Waals surface area contributed by atoms with Crippen LogP contribution in [0.1, 0.15) is 55.4 Å². The molecule has 0 aliphatic heterocycles. The molecule has 0 fully saturated rings. The number of aliphatic hydroxyl groups is 2. The van der Waals surface area contributed by atoms with Crippen molar-refractivity contribution in [2.75, 3.05) is 0 Å². The average Bonchev–Trinajstić information content (AvgIpc) is 2.30. The minimum absolute atomic E-state index is 0.0602. The van der Waals surface area contributed by atoms with Gasteiger partial charge in [-0.3, -0.25) is 10.5 Å². The number of hydrogen-bond donors (Lipinski definition) is 4. The second kappa shape index (κ2) is 31.6. The Balaban J connectivity index is -0.0000000482. The minimum atomic E-state index is -0.167. The number of rotatable bonds is 2. The monoisotopic (exact) mass is 336 g/mol. The maximum absolute atomic E-state index is 8.25. The summed E-state index contributed by atoms with van der Waals surface area (Å²) in [5.41, 5.74) is 0. The summed E-state index contributed by atoms with van der Waals surface area (Å²) in [5.74, 6) is 0. The standard InChI is InChI=1S/2C3H8O2.2C3H8O.O.Ti/c2*1-3(2)5-4;2*1-3(2)4;;/h2*3-4H,1-2H3;2*3-4H,1-2H3;;. The molecule has 126 valence electrons. The van der Waals surface area contributed by atoms with E-state index in [1.807, 2.05) is 0 Å². The molecular weight excluding hydrogens is 304 g/mol. The Bertz CT molecular complexity index is 113. The van der Waals surface area contributed by atoms with Gasteiger partial charge in [0.15, 0.2) is 0 Å². The molecule has 0 bridgehead atoms. The number of hydrogen-bond acceptors (Lipinski definition) is 7. The molecule has 7 nitrogen and oxygen atoms in total. The Morgan fingerprint density at radius 3 is 0.700 bits per heavy atom. The SMILES string of the molecule is CC(C)O.CC(C)O.CC(C)OO.CC(C)OO.[O]=[Ti]. The van der Waals surface area contributed by atoms with E-state index in [-0.39, 0.29) is 24.4 Å². The van der Waals surface area contributed by atoms with E-state index in [1.54, 1.807) is 55.4 Å². The van der Waals surface area contributed by atoms with Gasteiger partial charge < -0.3 is 10.2 Å². The zero-order valence-electron chi connectivity index (χ0n) is 13.8. The Morgan fingerprint density at radius 1 is 0.650 bits per heavy atom. The van der Waals surface area contributed by atoms with E-state index in [1.165, 1.54) is 0 Å². The zero-order chi connectivity index (χ0) is 17.7. The van der Waals surface area contributed by atoms with Crippen LogP contribution in [-0.2, 0) is 33.5 Å². The molecule has 0 heterocycles. The van der Waals surface area contributed by atoms with Crippen LogP contribution in [0.15, 0.2) is 0 Å². The fourth-order valence-electron chi connectivity index (χ4n) is 0. The molecule has 0 aromatic heterocycles. The molecule has 0 unspecified atom stereocenters. The van der Waals surface area contributed by atoms with Crippen molar-refractivity contribution in [3.63, 3.8) is 0 Å². The van der Waals surface area contributed by atoms with Gasteiger partial charge in [-0.25, -0.2) is 9.78 Å². The van der Waals surface area contributed by atoms with Crippen LogP contribution >= 0.6 is 0 Å². The first-order chi connectivity index (χ1) is 9.00. The van der Waals surface area contributed by atoms with Crippen molar-refractivity contribution in [3.05, 3.63) is 0 Å². The Kier molecular flexibility index (Phi) is 51.0. The molecule has 20 heavy (non-hydrogen) atoms. The van der Waals surface area contributed by atoms with E-state index in [0.717, 1.165) is 20.4 Å². The van der Waals surface area contributed by atoms with Crippen molar-refractivity contribution >= 4 is 0 Å². The second-order valence-electron chi connectivity index (χ2n) is 4.50. The molecule has 0 atom stereocenters.